The maximum Gasteiger partial charge on any atom is 0.136 e. The average Bonchev–Trinajstić information content (AvgIpc) is 3.25. The van der Waals surface area contributed by atoms with Crippen LogP contribution in [0.1, 0.15) is 55.2 Å². The summed E-state index contributed by atoms with van der Waals surface area (Å²) in [5.41, 5.74) is 5.31. The van der Waals surface area contributed by atoms with E-state index in [2.05, 4.69) is 35.2 Å². The number of anilines is 1. The van der Waals surface area contributed by atoms with Gasteiger partial charge in [0.1, 0.15) is 5.82 Å². The number of ether oxygens (including phenoxy) is 1. The molecule has 5 nitrogen and oxygen atoms in total. The van der Waals surface area contributed by atoms with Crippen molar-refractivity contribution < 1.29 is 4.74 Å². The van der Waals surface area contributed by atoms with Gasteiger partial charge >= 0.3 is 0 Å². The molecule has 0 aliphatic carbocycles. The number of hydrogen-bond acceptors (Lipinski definition) is 5. The lowest BCUT2D eigenvalue weighted by Gasteiger charge is -2.15. The second-order valence-electron chi connectivity index (χ2n) is 6.63. The number of rotatable bonds is 4. The second-order valence-corrected chi connectivity index (χ2v) is 6.63. The highest BCUT2D eigenvalue weighted by atomic mass is 16.5. The molecular weight excluding hydrogens is 300 g/mol. The van der Waals surface area contributed by atoms with Crippen molar-refractivity contribution in [3.05, 3.63) is 53.0 Å². The normalized spacial score (nSPS) is 19.5. The number of aliphatic imine (C=N–C) groups is 1. The maximum absolute atomic E-state index is 5.81. The molecule has 2 aliphatic rings. The molecule has 1 fully saturated rings. The monoisotopic (exact) mass is 322 g/mol. The molecular formula is C19H22N4O. The van der Waals surface area contributed by atoms with Gasteiger partial charge in [-0.05, 0) is 56.0 Å². The van der Waals surface area contributed by atoms with E-state index in [1.54, 1.807) is 0 Å². The molecule has 24 heavy (non-hydrogen) atoms. The van der Waals surface area contributed by atoms with Crippen molar-refractivity contribution in [3.63, 3.8) is 0 Å². The summed E-state index contributed by atoms with van der Waals surface area (Å²) < 4.78 is 5.81. The summed E-state index contributed by atoms with van der Waals surface area (Å²) in [6.07, 6.45) is 6.10. The van der Waals surface area contributed by atoms with E-state index in [4.69, 9.17) is 9.73 Å². The number of nitrogens with zero attached hydrogens (tertiary/aromatic N) is 3. The highest BCUT2D eigenvalue weighted by Crippen LogP contribution is 2.31. The highest BCUT2D eigenvalue weighted by molar-refractivity contribution is 6.16. The van der Waals surface area contributed by atoms with Crippen LogP contribution in [0.5, 0.6) is 0 Å². The fourth-order valence-corrected chi connectivity index (χ4v) is 3.35. The van der Waals surface area contributed by atoms with E-state index in [1.165, 1.54) is 11.1 Å². The molecule has 1 atom stereocenters. The first kappa shape index (κ1) is 15.3. The Morgan fingerprint density at radius 3 is 2.88 bits per heavy atom. The molecule has 0 spiro atoms. The molecule has 0 amide bonds. The molecule has 0 radical (unpaired) electrons. The number of aromatic nitrogens is 2. The van der Waals surface area contributed by atoms with E-state index in [0.29, 0.717) is 12.6 Å². The first-order valence-electron chi connectivity index (χ1n) is 8.59. The first-order valence-corrected chi connectivity index (χ1v) is 8.59. The van der Waals surface area contributed by atoms with Crippen LogP contribution in [-0.4, -0.2) is 28.3 Å². The first-order chi connectivity index (χ1) is 11.7. The predicted molar refractivity (Wildman–Crippen MR) is 94.5 cm³/mol. The maximum atomic E-state index is 5.81. The molecule has 2 aromatic heterocycles. The summed E-state index contributed by atoms with van der Waals surface area (Å²) in [6.45, 7) is 5.76. The third kappa shape index (κ3) is 2.80. The van der Waals surface area contributed by atoms with Crippen molar-refractivity contribution in [1.29, 1.82) is 0 Å². The van der Waals surface area contributed by atoms with E-state index in [0.717, 1.165) is 42.2 Å². The Morgan fingerprint density at radius 1 is 1.21 bits per heavy atom. The van der Waals surface area contributed by atoms with Crippen molar-refractivity contribution in [1.82, 2.24) is 9.97 Å². The highest BCUT2D eigenvalue weighted by Gasteiger charge is 2.25. The van der Waals surface area contributed by atoms with Crippen molar-refractivity contribution in [3.8, 4) is 0 Å². The zero-order valence-corrected chi connectivity index (χ0v) is 14.1. The van der Waals surface area contributed by atoms with Crippen LogP contribution in [0.15, 0.2) is 35.6 Å². The molecule has 0 aromatic carbocycles. The van der Waals surface area contributed by atoms with Crippen LogP contribution in [0.3, 0.4) is 0 Å². The van der Waals surface area contributed by atoms with Crippen LogP contribution in [0.25, 0.3) is 0 Å². The van der Waals surface area contributed by atoms with Crippen LogP contribution in [-0.2, 0) is 11.3 Å². The van der Waals surface area contributed by atoms with Crippen molar-refractivity contribution in [2.24, 2.45) is 4.99 Å². The largest absolute Gasteiger partial charge is 0.374 e. The molecule has 1 unspecified atom stereocenters. The third-order valence-corrected chi connectivity index (χ3v) is 4.44. The fourth-order valence-electron chi connectivity index (χ4n) is 3.35. The van der Waals surface area contributed by atoms with Gasteiger partial charge in [-0.3, -0.25) is 9.98 Å². The van der Waals surface area contributed by atoms with Gasteiger partial charge in [0.05, 0.1) is 24.1 Å². The van der Waals surface area contributed by atoms with Crippen LogP contribution in [0.4, 0.5) is 5.82 Å². The zero-order chi connectivity index (χ0) is 16.5. The Labute approximate surface area is 142 Å². The van der Waals surface area contributed by atoms with Gasteiger partial charge in [-0.25, -0.2) is 4.98 Å². The number of nitrogens with one attached hydrogen (secondary N) is 1. The minimum absolute atomic E-state index is 0.190. The predicted octanol–water partition coefficient (Wildman–Crippen LogP) is 3.50. The van der Waals surface area contributed by atoms with Gasteiger partial charge in [0, 0.05) is 30.6 Å². The molecule has 0 bridgehead atoms. The summed E-state index contributed by atoms with van der Waals surface area (Å²) in [4.78, 5) is 13.8. The molecule has 2 aliphatic heterocycles. The molecule has 1 saturated heterocycles. The quantitative estimate of drug-likeness (QED) is 0.936. The number of fused-ring (bicyclic) bond motifs is 1. The van der Waals surface area contributed by atoms with Gasteiger partial charge in [-0.15, -0.1) is 0 Å². The van der Waals surface area contributed by atoms with E-state index >= 15 is 0 Å². The van der Waals surface area contributed by atoms with Crippen molar-refractivity contribution >= 4 is 11.5 Å². The topological polar surface area (TPSA) is 59.4 Å². The molecule has 5 heteroatoms. The van der Waals surface area contributed by atoms with E-state index < -0.39 is 0 Å². The summed E-state index contributed by atoms with van der Waals surface area (Å²) in [5.74, 6) is 0.892. The lowest BCUT2D eigenvalue weighted by atomic mass is 10.0. The minimum atomic E-state index is 0.190. The summed E-state index contributed by atoms with van der Waals surface area (Å²) in [5, 5.41) is 3.43. The summed E-state index contributed by atoms with van der Waals surface area (Å²) >= 11 is 0. The Morgan fingerprint density at radius 2 is 2.08 bits per heavy atom. The van der Waals surface area contributed by atoms with Crippen molar-refractivity contribution in [2.75, 3.05) is 11.9 Å². The minimum Gasteiger partial charge on any atom is -0.374 e. The van der Waals surface area contributed by atoms with Crippen LogP contribution in [0, 0.1) is 0 Å². The Hall–Kier alpha value is -2.27. The number of pyridine rings is 2. The smallest absolute Gasteiger partial charge is 0.136 e. The van der Waals surface area contributed by atoms with Crippen LogP contribution >= 0.6 is 0 Å². The van der Waals surface area contributed by atoms with Crippen LogP contribution in [0.2, 0.25) is 0 Å². The lowest BCUT2D eigenvalue weighted by molar-refractivity contribution is 0.112. The van der Waals surface area contributed by atoms with Gasteiger partial charge in [-0.1, -0.05) is 0 Å². The Balaban J connectivity index is 1.72. The Kier molecular flexibility index (Phi) is 4.02. The van der Waals surface area contributed by atoms with Crippen molar-refractivity contribution in [2.45, 2.75) is 45.4 Å². The van der Waals surface area contributed by atoms with Crippen LogP contribution < -0.4 is 5.32 Å². The zero-order valence-electron chi connectivity index (χ0n) is 14.1. The lowest BCUT2D eigenvalue weighted by Crippen LogP contribution is -2.16. The van der Waals surface area contributed by atoms with E-state index in [9.17, 15) is 0 Å². The Bertz CT molecular complexity index is 779. The molecule has 2 aromatic rings. The van der Waals surface area contributed by atoms with Gasteiger partial charge in [0.2, 0.25) is 0 Å². The molecule has 0 saturated carbocycles. The molecule has 4 heterocycles. The molecule has 1 N–H and O–H groups in total. The van der Waals surface area contributed by atoms with Gasteiger partial charge < -0.3 is 10.1 Å². The fraction of sp³-hybridized carbons (Fsp3) is 0.421. The standard InChI is InChI=1S/C19H22N4O/c1-12(2)23-19-17-14(6-8-21-19)11-22-18(17)15-10-13(5-7-20-15)16-4-3-9-24-16/h5-8,10,12,16H,3-4,9,11H2,1-2H3,(H,21,23). The second kappa shape index (κ2) is 6.32. The summed E-state index contributed by atoms with van der Waals surface area (Å²) in [7, 11) is 0. The molecule has 124 valence electrons. The third-order valence-electron chi connectivity index (χ3n) is 4.44. The van der Waals surface area contributed by atoms with Gasteiger partial charge in [0.15, 0.2) is 0 Å². The van der Waals surface area contributed by atoms with Gasteiger partial charge in [-0.2, -0.15) is 0 Å². The molecule has 4 rings (SSSR count). The average molecular weight is 322 g/mol. The van der Waals surface area contributed by atoms with Gasteiger partial charge in [0.25, 0.3) is 0 Å². The van der Waals surface area contributed by atoms with E-state index in [-0.39, 0.29) is 6.10 Å². The SMILES string of the molecule is CC(C)Nc1nccc2c1C(c1cc(C3CCCO3)ccn1)=NC2. The summed E-state index contributed by atoms with van der Waals surface area (Å²) in [6, 6.07) is 6.53. The van der Waals surface area contributed by atoms with E-state index in [1.807, 2.05) is 24.5 Å². The number of hydrogen-bond donors (Lipinski definition) is 1.